The summed E-state index contributed by atoms with van der Waals surface area (Å²) in [5, 5.41) is 3.59. The van der Waals surface area contributed by atoms with E-state index in [1.54, 1.807) is 0 Å². The topological polar surface area (TPSA) is 12.0 Å². The summed E-state index contributed by atoms with van der Waals surface area (Å²) >= 11 is 0. The van der Waals surface area contributed by atoms with Crippen LogP contribution < -0.4 is 5.32 Å². The molecule has 1 rings (SSSR count). The van der Waals surface area contributed by atoms with E-state index in [9.17, 15) is 0 Å². The molecule has 15 heavy (non-hydrogen) atoms. The minimum Gasteiger partial charge on any atom is -0.314 e. The first-order valence-corrected chi connectivity index (χ1v) is 7.10. The molecule has 0 aromatic heterocycles. The van der Waals surface area contributed by atoms with E-state index >= 15 is 0 Å². The maximum absolute atomic E-state index is 3.59. The molecule has 0 aromatic carbocycles. The van der Waals surface area contributed by atoms with Gasteiger partial charge in [0.25, 0.3) is 0 Å². The van der Waals surface area contributed by atoms with Gasteiger partial charge in [-0.2, -0.15) is 0 Å². The summed E-state index contributed by atoms with van der Waals surface area (Å²) in [5.41, 5.74) is 0. The molecule has 0 aliphatic heterocycles. The zero-order chi connectivity index (χ0) is 10.9. The second kappa shape index (κ2) is 8.15. The van der Waals surface area contributed by atoms with Crippen LogP contribution in [-0.4, -0.2) is 12.6 Å². The van der Waals surface area contributed by atoms with Crippen LogP contribution >= 0.6 is 0 Å². The van der Waals surface area contributed by atoms with E-state index in [-0.39, 0.29) is 0 Å². The van der Waals surface area contributed by atoms with Crippen molar-refractivity contribution in [3.63, 3.8) is 0 Å². The Morgan fingerprint density at radius 3 is 2.40 bits per heavy atom. The van der Waals surface area contributed by atoms with Crippen LogP contribution in [0.2, 0.25) is 0 Å². The minimum absolute atomic E-state index is 0.895. The molecule has 0 bridgehead atoms. The van der Waals surface area contributed by atoms with E-state index in [1.165, 1.54) is 64.3 Å². The van der Waals surface area contributed by atoms with Gasteiger partial charge in [-0.05, 0) is 31.7 Å². The average molecular weight is 211 g/mol. The van der Waals surface area contributed by atoms with Crippen LogP contribution in [0.4, 0.5) is 0 Å². The SMILES string of the molecule is CCCCC(CC)CCCCNC1CC1. The Labute approximate surface area is 96.0 Å². The zero-order valence-corrected chi connectivity index (χ0v) is 10.7. The van der Waals surface area contributed by atoms with Crippen LogP contribution in [0.3, 0.4) is 0 Å². The molecule has 0 radical (unpaired) electrons. The van der Waals surface area contributed by atoms with Crippen molar-refractivity contribution < 1.29 is 0 Å². The maximum Gasteiger partial charge on any atom is 0.00682 e. The normalized spacial score (nSPS) is 18.0. The molecule has 0 heterocycles. The van der Waals surface area contributed by atoms with Gasteiger partial charge in [-0.1, -0.05) is 52.4 Å². The number of unbranched alkanes of at least 4 members (excludes halogenated alkanes) is 2. The molecule has 1 N–H and O–H groups in total. The van der Waals surface area contributed by atoms with Crippen molar-refractivity contribution >= 4 is 0 Å². The summed E-state index contributed by atoms with van der Waals surface area (Å²) < 4.78 is 0. The molecule has 0 saturated heterocycles. The fourth-order valence-corrected chi connectivity index (χ4v) is 2.20. The molecule has 1 atom stereocenters. The molecule has 90 valence electrons. The Morgan fingerprint density at radius 1 is 1.07 bits per heavy atom. The molecule has 0 aromatic rings. The first-order chi connectivity index (χ1) is 7.36. The lowest BCUT2D eigenvalue weighted by molar-refractivity contribution is 0.402. The summed E-state index contributed by atoms with van der Waals surface area (Å²) in [7, 11) is 0. The van der Waals surface area contributed by atoms with Gasteiger partial charge in [-0.25, -0.2) is 0 Å². The molecule has 1 unspecified atom stereocenters. The van der Waals surface area contributed by atoms with E-state index in [0.29, 0.717) is 0 Å². The smallest absolute Gasteiger partial charge is 0.00682 e. The molecule has 0 amide bonds. The van der Waals surface area contributed by atoms with Crippen LogP contribution in [0.1, 0.15) is 71.6 Å². The lowest BCUT2D eigenvalue weighted by atomic mass is 9.94. The molecular weight excluding hydrogens is 182 g/mol. The van der Waals surface area contributed by atoms with Crippen LogP contribution in [-0.2, 0) is 0 Å². The van der Waals surface area contributed by atoms with Gasteiger partial charge >= 0.3 is 0 Å². The highest BCUT2D eigenvalue weighted by molar-refractivity contribution is 4.80. The Hall–Kier alpha value is -0.0400. The van der Waals surface area contributed by atoms with E-state index < -0.39 is 0 Å². The van der Waals surface area contributed by atoms with Crippen molar-refractivity contribution in [2.45, 2.75) is 77.7 Å². The Bertz CT molecular complexity index is 140. The van der Waals surface area contributed by atoms with E-state index in [4.69, 9.17) is 0 Å². The molecule has 1 nitrogen and oxygen atoms in total. The average Bonchev–Trinajstić information content (AvgIpc) is 3.06. The highest BCUT2D eigenvalue weighted by Crippen LogP contribution is 2.20. The highest BCUT2D eigenvalue weighted by atomic mass is 14.9. The molecule has 1 aliphatic carbocycles. The van der Waals surface area contributed by atoms with Gasteiger partial charge in [0.15, 0.2) is 0 Å². The van der Waals surface area contributed by atoms with Crippen molar-refractivity contribution in [2.24, 2.45) is 5.92 Å². The largest absolute Gasteiger partial charge is 0.314 e. The number of hydrogen-bond acceptors (Lipinski definition) is 1. The van der Waals surface area contributed by atoms with Crippen molar-refractivity contribution in [2.75, 3.05) is 6.54 Å². The Kier molecular flexibility index (Phi) is 7.08. The van der Waals surface area contributed by atoms with Gasteiger partial charge in [0.1, 0.15) is 0 Å². The molecular formula is C14H29N. The van der Waals surface area contributed by atoms with E-state index in [1.807, 2.05) is 0 Å². The van der Waals surface area contributed by atoms with Gasteiger partial charge in [0, 0.05) is 6.04 Å². The quantitative estimate of drug-likeness (QED) is 0.536. The van der Waals surface area contributed by atoms with Crippen molar-refractivity contribution in [1.29, 1.82) is 0 Å². The lowest BCUT2D eigenvalue weighted by Gasteiger charge is -2.13. The van der Waals surface area contributed by atoms with Crippen molar-refractivity contribution in [3.8, 4) is 0 Å². The predicted molar refractivity (Wildman–Crippen MR) is 68.2 cm³/mol. The first kappa shape index (κ1) is 13.0. The fraction of sp³-hybridized carbons (Fsp3) is 1.00. The monoisotopic (exact) mass is 211 g/mol. The number of nitrogens with one attached hydrogen (secondary N) is 1. The molecule has 1 heteroatoms. The summed E-state index contributed by atoms with van der Waals surface area (Å²) in [4.78, 5) is 0. The second-order valence-corrected chi connectivity index (χ2v) is 5.14. The summed E-state index contributed by atoms with van der Waals surface area (Å²) in [6.45, 7) is 5.91. The van der Waals surface area contributed by atoms with Crippen molar-refractivity contribution in [1.82, 2.24) is 5.32 Å². The third-order valence-electron chi connectivity index (χ3n) is 3.59. The second-order valence-electron chi connectivity index (χ2n) is 5.14. The summed E-state index contributed by atoms with van der Waals surface area (Å²) in [5.74, 6) is 1.01. The fourth-order valence-electron chi connectivity index (χ4n) is 2.20. The van der Waals surface area contributed by atoms with Crippen LogP contribution in [0.25, 0.3) is 0 Å². The van der Waals surface area contributed by atoms with E-state index in [2.05, 4.69) is 19.2 Å². The van der Waals surface area contributed by atoms with Gasteiger partial charge in [-0.15, -0.1) is 0 Å². The van der Waals surface area contributed by atoms with Crippen LogP contribution in [0, 0.1) is 5.92 Å². The highest BCUT2D eigenvalue weighted by Gasteiger charge is 2.19. The zero-order valence-electron chi connectivity index (χ0n) is 10.7. The van der Waals surface area contributed by atoms with Gasteiger partial charge in [0.05, 0.1) is 0 Å². The Morgan fingerprint density at radius 2 is 1.80 bits per heavy atom. The van der Waals surface area contributed by atoms with Gasteiger partial charge in [-0.3, -0.25) is 0 Å². The third kappa shape index (κ3) is 6.94. The van der Waals surface area contributed by atoms with E-state index in [0.717, 1.165) is 12.0 Å². The molecule has 1 aliphatic rings. The molecule has 1 saturated carbocycles. The third-order valence-corrected chi connectivity index (χ3v) is 3.59. The predicted octanol–water partition coefficient (Wildman–Crippen LogP) is 4.13. The standard InChI is InChI=1S/C14H29N/c1-3-5-8-13(4-2)9-6-7-12-15-14-10-11-14/h13-15H,3-12H2,1-2H3. The summed E-state index contributed by atoms with van der Waals surface area (Å²) in [6.07, 6.45) is 12.8. The molecule has 1 fully saturated rings. The number of rotatable bonds is 10. The van der Waals surface area contributed by atoms with Gasteiger partial charge in [0.2, 0.25) is 0 Å². The first-order valence-electron chi connectivity index (χ1n) is 7.10. The van der Waals surface area contributed by atoms with Crippen LogP contribution in [0.5, 0.6) is 0 Å². The molecule has 0 spiro atoms. The lowest BCUT2D eigenvalue weighted by Crippen LogP contribution is -2.17. The maximum atomic E-state index is 3.59. The van der Waals surface area contributed by atoms with Crippen molar-refractivity contribution in [3.05, 3.63) is 0 Å². The minimum atomic E-state index is 0.895. The summed E-state index contributed by atoms with van der Waals surface area (Å²) in [6, 6.07) is 0.895. The Balaban J connectivity index is 1.86. The van der Waals surface area contributed by atoms with Crippen LogP contribution in [0.15, 0.2) is 0 Å². The van der Waals surface area contributed by atoms with Gasteiger partial charge < -0.3 is 5.32 Å². The number of hydrogen-bond donors (Lipinski definition) is 1.